The molecule has 138 valence electrons. The van der Waals surface area contributed by atoms with E-state index in [2.05, 4.69) is 4.98 Å². The van der Waals surface area contributed by atoms with Gasteiger partial charge in [0, 0.05) is 5.02 Å². The van der Waals surface area contributed by atoms with Crippen LogP contribution < -0.4 is 0 Å². The minimum absolute atomic E-state index is 0.130. The Morgan fingerprint density at radius 3 is 2.54 bits per heavy atom. The number of fused-ring (bicyclic) bond motifs is 1. The summed E-state index contributed by atoms with van der Waals surface area (Å²) in [6, 6.07) is 13.3. The average molecular weight is 385 g/mol. The van der Waals surface area contributed by atoms with E-state index in [1.165, 1.54) is 12.1 Å². The van der Waals surface area contributed by atoms with Crippen molar-refractivity contribution < 1.29 is 23.0 Å². The van der Waals surface area contributed by atoms with Crippen molar-refractivity contribution in [3.8, 4) is 0 Å². The number of halogens is 4. The Morgan fingerprint density at radius 2 is 1.81 bits per heavy atom. The second-order valence-electron chi connectivity index (χ2n) is 5.79. The van der Waals surface area contributed by atoms with Crippen LogP contribution in [0.5, 0.6) is 0 Å². The minimum Gasteiger partial charge on any atom is -0.389 e. The van der Waals surface area contributed by atoms with E-state index in [0.29, 0.717) is 10.5 Å². The highest BCUT2D eigenvalue weighted by molar-refractivity contribution is 6.31. The third kappa shape index (κ3) is 4.17. The molecule has 0 fully saturated rings. The van der Waals surface area contributed by atoms with Gasteiger partial charge in [-0.05, 0) is 23.8 Å². The van der Waals surface area contributed by atoms with E-state index < -0.39 is 18.1 Å². The highest BCUT2D eigenvalue weighted by atomic mass is 35.5. The molecule has 0 aliphatic rings. The molecule has 0 aliphatic carbocycles. The standard InChI is InChI=1S/C18H16ClF3N2O2/c19-14-6-2-1-5-12(14)10-26-11-13(25)9-24-16-8-4-3-7-15(16)23-17(24)18(20,21)22/h1-8,13,25H,9-11H2/t13-/m1/s1. The third-order valence-corrected chi connectivity index (χ3v) is 4.20. The fourth-order valence-electron chi connectivity index (χ4n) is 2.66. The number of hydrogen-bond donors (Lipinski definition) is 1. The van der Waals surface area contributed by atoms with Crippen LogP contribution in [0.15, 0.2) is 48.5 Å². The Kier molecular flexibility index (Phi) is 5.50. The molecule has 0 unspecified atom stereocenters. The van der Waals surface area contributed by atoms with Gasteiger partial charge in [0.1, 0.15) is 0 Å². The van der Waals surface area contributed by atoms with E-state index in [9.17, 15) is 18.3 Å². The second-order valence-corrected chi connectivity index (χ2v) is 6.20. The number of aliphatic hydroxyl groups is 1. The largest absolute Gasteiger partial charge is 0.449 e. The number of aliphatic hydroxyl groups excluding tert-OH is 1. The summed E-state index contributed by atoms with van der Waals surface area (Å²) in [6.07, 6.45) is -5.74. The van der Waals surface area contributed by atoms with Crippen LogP contribution in [0.25, 0.3) is 11.0 Å². The zero-order valence-electron chi connectivity index (χ0n) is 13.6. The monoisotopic (exact) mass is 384 g/mol. The Bertz CT molecular complexity index is 896. The second kappa shape index (κ2) is 7.65. The summed E-state index contributed by atoms with van der Waals surface area (Å²) < 4.78 is 46.1. The molecule has 0 radical (unpaired) electrons. The maximum atomic E-state index is 13.2. The van der Waals surface area contributed by atoms with Crippen LogP contribution >= 0.6 is 11.6 Å². The molecule has 2 aromatic carbocycles. The molecule has 0 saturated heterocycles. The van der Waals surface area contributed by atoms with Crippen molar-refractivity contribution in [1.29, 1.82) is 0 Å². The van der Waals surface area contributed by atoms with Crippen LogP contribution in [0, 0.1) is 0 Å². The molecule has 0 saturated carbocycles. The third-order valence-electron chi connectivity index (χ3n) is 3.83. The molecule has 1 N–H and O–H groups in total. The number of benzene rings is 2. The highest BCUT2D eigenvalue weighted by Crippen LogP contribution is 2.31. The molecule has 3 rings (SSSR count). The number of para-hydroxylation sites is 2. The Balaban J connectivity index is 1.71. The van der Waals surface area contributed by atoms with E-state index in [1.807, 2.05) is 0 Å². The molecule has 26 heavy (non-hydrogen) atoms. The topological polar surface area (TPSA) is 47.3 Å². The molecular weight excluding hydrogens is 369 g/mol. The smallest absolute Gasteiger partial charge is 0.389 e. The molecule has 4 nitrogen and oxygen atoms in total. The van der Waals surface area contributed by atoms with Gasteiger partial charge in [0.25, 0.3) is 0 Å². The van der Waals surface area contributed by atoms with Crippen molar-refractivity contribution in [2.45, 2.75) is 25.4 Å². The number of alkyl halides is 3. The first kappa shape index (κ1) is 18.7. The maximum Gasteiger partial charge on any atom is 0.449 e. The van der Waals surface area contributed by atoms with Crippen molar-refractivity contribution in [3.63, 3.8) is 0 Å². The Labute approximate surface area is 152 Å². The molecule has 0 bridgehead atoms. The van der Waals surface area contributed by atoms with Crippen molar-refractivity contribution in [2.24, 2.45) is 0 Å². The lowest BCUT2D eigenvalue weighted by Crippen LogP contribution is -2.25. The average Bonchev–Trinajstić information content (AvgIpc) is 2.96. The first-order valence-corrected chi connectivity index (χ1v) is 8.25. The number of ether oxygens (including phenoxy) is 1. The highest BCUT2D eigenvalue weighted by Gasteiger charge is 2.37. The summed E-state index contributed by atoms with van der Waals surface area (Å²) >= 11 is 6.01. The zero-order chi connectivity index (χ0) is 18.7. The van der Waals surface area contributed by atoms with Crippen LogP contribution in [0.4, 0.5) is 13.2 Å². The number of aromatic nitrogens is 2. The molecular formula is C18H16ClF3N2O2. The van der Waals surface area contributed by atoms with Gasteiger partial charge in [0.05, 0.1) is 36.9 Å². The van der Waals surface area contributed by atoms with Crippen molar-refractivity contribution in [2.75, 3.05) is 6.61 Å². The quantitative estimate of drug-likeness (QED) is 0.689. The maximum absolute atomic E-state index is 13.2. The van der Waals surface area contributed by atoms with Gasteiger partial charge in [-0.3, -0.25) is 0 Å². The van der Waals surface area contributed by atoms with E-state index in [1.54, 1.807) is 36.4 Å². The van der Waals surface area contributed by atoms with E-state index in [0.717, 1.165) is 10.1 Å². The molecule has 3 aromatic rings. The first-order chi connectivity index (χ1) is 12.4. The van der Waals surface area contributed by atoms with E-state index in [-0.39, 0.29) is 25.3 Å². The van der Waals surface area contributed by atoms with Crippen LogP contribution in [-0.4, -0.2) is 27.4 Å². The summed E-state index contributed by atoms with van der Waals surface area (Å²) in [6.45, 7) is -0.250. The summed E-state index contributed by atoms with van der Waals surface area (Å²) in [7, 11) is 0. The molecule has 0 spiro atoms. The van der Waals surface area contributed by atoms with Crippen molar-refractivity contribution in [3.05, 3.63) is 64.9 Å². The number of hydrogen-bond acceptors (Lipinski definition) is 3. The predicted octanol–water partition coefficient (Wildman–Crippen LogP) is 4.29. The summed E-state index contributed by atoms with van der Waals surface area (Å²) in [4.78, 5) is 3.65. The summed E-state index contributed by atoms with van der Waals surface area (Å²) in [5.41, 5.74) is 1.28. The summed E-state index contributed by atoms with van der Waals surface area (Å²) in [5.74, 6) is -1.04. The lowest BCUT2D eigenvalue weighted by molar-refractivity contribution is -0.147. The number of imidazole rings is 1. The number of nitrogens with zero attached hydrogens (tertiary/aromatic N) is 2. The van der Waals surface area contributed by atoms with E-state index in [4.69, 9.17) is 16.3 Å². The van der Waals surface area contributed by atoms with Crippen LogP contribution in [-0.2, 0) is 24.1 Å². The lowest BCUT2D eigenvalue weighted by Gasteiger charge is -2.16. The normalized spacial score (nSPS) is 13.3. The summed E-state index contributed by atoms with van der Waals surface area (Å²) in [5, 5.41) is 10.7. The number of rotatable bonds is 6. The Hall–Kier alpha value is -2.09. The fourth-order valence-corrected chi connectivity index (χ4v) is 2.85. The van der Waals surface area contributed by atoms with Crippen molar-refractivity contribution >= 4 is 22.6 Å². The van der Waals surface area contributed by atoms with Crippen LogP contribution in [0.1, 0.15) is 11.4 Å². The Morgan fingerprint density at radius 1 is 1.12 bits per heavy atom. The van der Waals surface area contributed by atoms with Gasteiger partial charge in [-0.15, -0.1) is 0 Å². The SMILES string of the molecule is O[C@@H](COCc1ccccc1Cl)Cn1c(C(F)(F)F)nc2ccccc21. The van der Waals surface area contributed by atoms with E-state index >= 15 is 0 Å². The van der Waals surface area contributed by atoms with Crippen molar-refractivity contribution in [1.82, 2.24) is 9.55 Å². The van der Waals surface area contributed by atoms with Gasteiger partial charge >= 0.3 is 6.18 Å². The predicted molar refractivity (Wildman–Crippen MR) is 91.8 cm³/mol. The van der Waals surface area contributed by atoms with Gasteiger partial charge < -0.3 is 14.4 Å². The van der Waals surface area contributed by atoms with Crippen LogP contribution in [0.2, 0.25) is 5.02 Å². The molecule has 0 amide bonds. The molecule has 1 aromatic heterocycles. The molecule has 1 heterocycles. The minimum atomic E-state index is -4.61. The molecule has 8 heteroatoms. The van der Waals surface area contributed by atoms with Crippen LogP contribution in [0.3, 0.4) is 0 Å². The fraction of sp³-hybridized carbons (Fsp3) is 0.278. The van der Waals surface area contributed by atoms with Gasteiger partial charge in [-0.1, -0.05) is 41.9 Å². The molecule has 1 atom stereocenters. The van der Waals surface area contributed by atoms with Gasteiger partial charge in [0.15, 0.2) is 0 Å². The van der Waals surface area contributed by atoms with Gasteiger partial charge in [-0.25, -0.2) is 4.98 Å². The molecule has 0 aliphatic heterocycles. The lowest BCUT2D eigenvalue weighted by atomic mass is 10.2. The van der Waals surface area contributed by atoms with Gasteiger partial charge in [0.2, 0.25) is 5.82 Å². The zero-order valence-corrected chi connectivity index (χ0v) is 14.3. The first-order valence-electron chi connectivity index (χ1n) is 7.88. The van der Waals surface area contributed by atoms with Gasteiger partial charge in [-0.2, -0.15) is 13.2 Å².